The molecule has 8 nitrogen and oxygen atoms in total. The third-order valence-electron chi connectivity index (χ3n) is 5.76. The molecule has 0 aromatic heterocycles. The van der Waals surface area contributed by atoms with Crippen molar-refractivity contribution in [1.82, 2.24) is 5.32 Å². The van der Waals surface area contributed by atoms with E-state index in [2.05, 4.69) is 15.4 Å². The maximum Gasteiger partial charge on any atom is 0.319 e. The van der Waals surface area contributed by atoms with Gasteiger partial charge in [0.15, 0.2) is 0 Å². The Morgan fingerprint density at radius 3 is 2.17 bits per heavy atom. The molecule has 2 amide bonds. The lowest BCUT2D eigenvalue weighted by Gasteiger charge is -2.18. The minimum absolute atomic E-state index is 0.0535. The third kappa shape index (κ3) is 5.59. The van der Waals surface area contributed by atoms with E-state index < -0.39 is 16.1 Å². The molecule has 0 spiro atoms. The van der Waals surface area contributed by atoms with Crippen LogP contribution < -0.4 is 20.1 Å². The quantitative estimate of drug-likeness (QED) is 0.268. The van der Waals surface area contributed by atoms with Crippen molar-refractivity contribution in [1.29, 1.82) is 0 Å². The highest BCUT2D eigenvalue weighted by molar-refractivity contribution is 7.92. The predicted molar refractivity (Wildman–Crippen MR) is 141 cm³/mol. The highest BCUT2D eigenvalue weighted by Gasteiger charge is 2.16. The Balaban J connectivity index is 1.41. The molecule has 0 aliphatic carbocycles. The molecule has 4 aromatic rings. The van der Waals surface area contributed by atoms with Crippen LogP contribution in [-0.4, -0.2) is 26.7 Å². The topological polar surface area (TPSA) is 117 Å². The van der Waals surface area contributed by atoms with Crippen LogP contribution >= 0.6 is 0 Å². The average Bonchev–Trinajstić information content (AvgIpc) is 2.88. The Morgan fingerprint density at radius 2 is 1.53 bits per heavy atom. The SMILES string of the molecule is COc1ccc(C(C)NC(=O)Nc2ccc(S(=O)(=O)Nc3ccc(CO)cc3)cc2)c2ccccc12. The second kappa shape index (κ2) is 10.7. The molecule has 9 heteroatoms. The van der Waals surface area contributed by atoms with Crippen molar-refractivity contribution in [2.45, 2.75) is 24.5 Å². The number of amides is 2. The van der Waals surface area contributed by atoms with Gasteiger partial charge in [0.25, 0.3) is 10.0 Å². The first-order chi connectivity index (χ1) is 17.3. The fraction of sp³-hybridized carbons (Fsp3) is 0.148. The van der Waals surface area contributed by atoms with E-state index in [1.54, 1.807) is 31.4 Å². The van der Waals surface area contributed by atoms with Gasteiger partial charge in [-0.1, -0.05) is 42.5 Å². The highest BCUT2D eigenvalue weighted by atomic mass is 32.2. The van der Waals surface area contributed by atoms with Gasteiger partial charge >= 0.3 is 6.03 Å². The molecule has 186 valence electrons. The van der Waals surface area contributed by atoms with Crippen molar-refractivity contribution >= 4 is 38.2 Å². The van der Waals surface area contributed by atoms with Crippen molar-refractivity contribution < 1.29 is 23.1 Å². The molecule has 0 aliphatic heterocycles. The summed E-state index contributed by atoms with van der Waals surface area (Å²) in [5.74, 6) is 0.762. The van der Waals surface area contributed by atoms with E-state index in [1.807, 2.05) is 43.3 Å². The van der Waals surface area contributed by atoms with Crippen LogP contribution in [0.5, 0.6) is 5.75 Å². The lowest BCUT2D eigenvalue weighted by molar-refractivity contribution is 0.249. The molecule has 0 saturated carbocycles. The second-order valence-corrected chi connectivity index (χ2v) is 9.89. The summed E-state index contributed by atoms with van der Waals surface area (Å²) in [4.78, 5) is 12.7. The zero-order valence-electron chi connectivity index (χ0n) is 19.9. The zero-order chi connectivity index (χ0) is 25.7. The number of carbonyl (C=O) groups is 1. The number of fused-ring (bicyclic) bond motifs is 1. The Labute approximate surface area is 210 Å². The number of sulfonamides is 1. The van der Waals surface area contributed by atoms with Gasteiger partial charge in [-0.25, -0.2) is 13.2 Å². The van der Waals surface area contributed by atoms with Crippen LogP contribution in [0.15, 0.2) is 89.8 Å². The molecule has 0 radical (unpaired) electrons. The van der Waals surface area contributed by atoms with Gasteiger partial charge in [0.1, 0.15) is 5.75 Å². The normalized spacial score (nSPS) is 12.1. The number of ether oxygens (including phenoxy) is 1. The molecule has 4 aromatic carbocycles. The Hall–Kier alpha value is -4.08. The van der Waals surface area contributed by atoms with Crippen LogP contribution in [0.4, 0.5) is 16.2 Å². The van der Waals surface area contributed by atoms with E-state index >= 15 is 0 Å². The molecule has 1 atom stereocenters. The number of anilines is 2. The van der Waals surface area contributed by atoms with Crippen molar-refractivity contribution in [2.75, 3.05) is 17.1 Å². The van der Waals surface area contributed by atoms with Gasteiger partial charge in [0, 0.05) is 16.8 Å². The summed E-state index contributed by atoms with van der Waals surface area (Å²) in [5, 5.41) is 16.7. The van der Waals surface area contributed by atoms with E-state index in [9.17, 15) is 13.2 Å². The van der Waals surface area contributed by atoms with Crippen molar-refractivity contribution in [3.05, 3.63) is 96.1 Å². The Bertz CT molecular complexity index is 1470. The number of carbonyl (C=O) groups excluding carboxylic acids is 1. The summed E-state index contributed by atoms with van der Waals surface area (Å²) in [6.45, 7) is 1.77. The number of methoxy groups -OCH3 is 1. The molecule has 0 fully saturated rings. The molecule has 4 rings (SSSR count). The number of aliphatic hydroxyl groups excluding tert-OH is 1. The molecule has 1 unspecified atom stereocenters. The number of rotatable bonds is 8. The van der Waals surface area contributed by atoms with Gasteiger partial charge in [-0.2, -0.15) is 0 Å². The molecular formula is C27H27N3O5S. The molecule has 0 bridgehead atoms. The molecular weight excluding hydrogens is 478 g/mol. The summed E-state index contributed by atoms with van der Waals surface area (Å²) in [6.07, 6.45) is 0. The van der Waals surface area contributed by atoms with Crippen LogP contribution in [0.1, 0.15) is 24.1 Å². The predicted octanol–water partition coefficient (Wildman–Crippen LogP) is 5.02. The number of hydrogen-bond donors (Lipinski definition) is 4. The monoisotopic (exact) mass is 505 g/mol. The van der Waals surface area contributed by atoms with Crippen LogP contribution in [-0.2, 0) is 16.6 Å². The maximum atomic E-state index is 12.7. The fourth-order valence-electron chi connectivity index (χ4n) is 3.90. The molecule has 36 heavy (non-hydrogen) atoms. The van der Waals surface area contributed by atoms with Gasteiger partial charge in [0.2, 0.25) is 0 Å². The lowest BCUT2D eigenvalue weighted by Crippen LogP contribution is -2.31. The number of hydrogen-bond acceptors (Lipinski definition) is 5. The first kappa shape index (κ1) is 25.0. The summed E-state index contributed by atoms with van der Waals surface area (Å²) >= 11 is 0. The first-order valence-corrected chi connectivity index (χ1v) is 12.7. The minimum atomic E-state index is -3.81. The van der Waals surface area contributed by atoms with Crippen molar-refractivity contribution in [2.24, 2.45) is 0 Å². The third-order valence-corrected chi connectivity index (χ3v) is 7.16. The van der Waals surface area contributed by atoms with Crippen LogP contribution in [0.2, 0.25) is 0 Å². The summed E-state index contributed by atoms with van der Waals surface area (Å²) in [7, 11) is -2.19. The first-order valence-electron chi connectivity index (χ1n) is 11.3. The lowest BCUT2D eigenvalue weighted by atomic mass is 9.99. The molecule has 0 aliphatic rings. The standard InChI is InChI=1S/C27H27N3O5S/c1-18(23-15-16-26(35-2)25-6-4-3-5-24(23)25)28-27(32)29-20-11-13-22(14-12-20)36(33,34)30-21-9-7-19(17-31)8-10-21/h3-16,18,30-31H,17H2,1-2H3,(H2,28,29,32). The summed E-state index contributed by atoms with van der Waals surface area (Å²) in [6, 6.07) is 23.2. The van der Waals surface area contributed by atoms with E-state index in [0.29, 0.717) is 16.9 Å². The number of benzene rings is 4. The van der Waals surface area contributed by atoms with Crippen molar-refractivity contribution in [3.8, 4) is 5.75 Å². The van der Waals surface area contributed by atoms with Gasteiger partial charge in [-0.3, -0.25) is 4.72 Å². The van der Waals surface area contributed by atoms with Crippen LogP contribution in [0.25, 0.3) is 10.8 Å². The Morgan fingerprint density at radius 1 is 0.889 bits per heavy atom. The molecule has 4 N–H and O–H groups in total. The van der Waals surface area contributed by atoms with E-state index in [4.69, 9.17) is 9.84 Å². The van der Waals surface area contributed by atoms with E-state index in [-0.39, 0.29) is 17.5 Å². The van der Waals surface area contributed by atoms with Gasteiger partial charge in [-0.15, -0.1) is 0 Å². The van der Waals surface area contributed by atoms with Gasteiger partial charge in [-0.05, 0) is 65.9 Å². The smallest absolute Gasteiger partial charge is 0.319 e. The van der Waals surface area contributed by atoms with E-state index in [0.717, 1.165) is 22.1 Å². The second-order valence-electron chi connectivity index (χ2n) is 8.21. The van der Waals surface area contributed by atoms with E-state index in [1.165, 1.54) is 24.3 Å². The summed E-state index contributed by atoms with van der Waals surface area (Å²) in [5.41, 5.74) is 2.46. The number of nitrogens with one attached hydrogen (secondary N) is 3. The molecule has 0 heterocycles. The highest BCUT2D eigenvalue weighted by Crippen LogP contribution is 2.31. The summed E-state index contributed by atoms with van der Waals surface area (Å²) < 4.78 is 33.3. The number of aliphatic hydroxyl groups is 1. The molecule has 0 saturated heterocycles. The largest absolute Gasteiger partial charge is 0.496 e. The Kier molecular flexibility index (Phi) is 7.42. The number of urea groups is 1. The van der Waals surface area contributed by atoms with Gasteiger partial charge in [0.05, 0.1) is 24.7 Å². The van der Waals surface area contributed by atoms with Gasteiger partial charge < -0.3 is 20.5 Å². The average molecular weight is 506 g/mol. The fourth-order valence-corrected chi connectivity index (χ4v) is 4.96. The van der Waals surface area contributed by atoms with Crippen molar-refractivity contribution in [3.63, 3.8) is 0 Å². The van der Waals surface area contributed by atoms with Crippen LogP contribution in [0, 0.1) is 0 Å². The minimum Gasteiger partial charge on any atom is -0.496 e. The maximum absolute atomic E-state index is 12.7. The zero-order valence-corrected chi connectivity index (χ0v) is 20.7. The van der Waals surface area contributed by atoms with Crippen LogP contribution in [0.3, 0.4) is 0 Å².